The molecule has 20 heavy (non-hydrogen) atoms. The molecule has 1 heteroatoms. The molecule has 0 amide bonds. The van der Waals surface area contributed by atoms with Crippen molar-refractivity contribution in [3.05, 3.63) is 71.0 Å². The zero-order chi connectivity index (χ0) is 13.9. The summed E-state index contributed by atoms with van der Waals surface area (Å²) in [6, 6.07) is 9.53. The van der Waals surface area contributed by atoms with E-state index in [2.05, 4.69) is 74.5 Å². The highest BCUT2D eigenvalue weighted by Gasteiger charge is 2.43. The molecule has 0 radical (unpaired) electrons. The van der Waals surface area contributed by atoms with Gasteiger partial charge in [0, 0.05) is 19.2 Å². The van der Waals surface area contributed by atoms with Crippen molar-refractivity contribution >= 4 is 0 Å². The van der Waals surface area contributed by atoms with Crippen molar-refractivity contribution in [3.63, 3.8) is 0 Å². The summed E-state index contributed by atoms with van der Waals surface area (Å²) in [5, 5.41) is 0. The third-order valence-electron chi connectivity index (χ3n) is 5.15. The van der Waals surface area contributed by atoms with Gasteiger partial charge >= 0.3 is 0 Å². The van der Waals surface area contributed by atoms with E-state index in [1.165, 1.54) is 22.3 Å². The number of hydrogen-bond acceptors (Lipinski definition) is 1. The van der Waals surface area contributed by atoms with E-state index in [9.17, 15) is 0 Å². The van der Waals surface area contributed by atoms with Crippen LogP contribution in [-0.2, 0) is 0 Å². The van der Waals surface area contributed by atoms with E-state index in [1.807, 2.05) is 0 Å². The van der Waals surface area contributed by atoms with Crippen LogP contribution in [0.15, 0.2) is 59.8 Å². The Balaban J connectivity index is 1.96. The zero-order valence-corrected chi connectivity index (χ0v) is 12.4. The first-order valence-electron chi connectivity index (χ1n) is 7.59. The predicted molar refractivity (Wildman–Crippen MR) is 83.3 cm³/mol. The van der Waals surface area contributed by atoms with E-state index in [1.54, 1.807) is 0 Å². The normalized spacial score (nSPS) is 34.0. The standard InChI is InChI=1S/C19H21N/c1-12-8-9-14-11-20(3)19-13(2)18(17(14)10-12)15-6-4-5-7-16(15)19/h4-13,18-19H,1-3H3. The van der Waals surface area contributed by atoms with E-state index >= 15 is 0 Å². The highest BCUT2D eigenvalue weighted by atomic mass is 15.1. The topological polar surface area (TPSA) is 3.24 Å². The summed E-state index contributed by atoms with van der Waals surface area (Å²) in [6.07, 6.45) is 9.42. The van der Waals surface area contributed by atoms with Gasteiger partial charge in [0.1, 0.15) is 0 Å². The molecule has 0 N–H and O–H groups in total. The van der Waals surface area contributed by atoms with Crippen LogP contribution in [0.25, 0.3) is 0 Å². The van der Waals surface area contributed by atoms with Crippen LogP contribution in [0.3, 0.4) is 0 Å². The molecule has 4 atom stereocenters. The summed E-state index contributed by atoms with van der Waals surface area (Å²) in [6.45, 7) is 4.68. The van der Waals surface area contributed by atoms with Crippen LogP contribution < -0.4 is 0 Å². The molecule has 102 valence electrons. The lowest BCUT2D eigenvalue weighted by atomic mass is 9.79. The molecular weight excluding hydrogens is 242 g/mol. The van der Waals surface area contributed by atoms with Gasteiger partial charge in [0.05, 0.1) is 6.04 Å². The highest BCUT2D eigenvalue weighted by molar-refractivity contribution is 5.56. The fourth-order valence-electron chi connectivity index (χ4n) is 4.34. The Morgan fingerprint density at radius 1 is 1.05 bits per heavy atom. The maximum atomic E-state index is 2.46. The van der Waals surface area contributed by atoms with Crippen molar-refractivity contribution in [2.75, 3.05) is 7.05 Å². The molecule has 2 bridgehead atoms. The molecule has 1 aromatic carbocycles. The average molecular weight is 263 g/mol. The Bertz CT molecular complexity index is 649. The molecule has 1 aliphatic heterocycles. The fraction of sp³-hybridized carbons (Fsp3) is 0.368. The number of hydrogen-bond donors (Lipinski definition) is 0. The smallest absolute Gasteiger partial charge is 0.0571 e. The summed E-state index contributed by atoms with van der Waals surface area (Å²) in [5.74, 6) is 1.74. The Hall–Kier alpha value is -1.76. The lowest BCUT2D eigenvalue weighted by Gasteiger charge is -2.27. The maximum absolute atomic E-state index is 2.46. The number of fused-ring (bicyclic) bond motifs is 7. The molecule has 0 aromatic heterocycles. The van der Waals surface area contributed by atoms with Crippen molar-refractivity contribution in [1.82, 2.24) is 4.90 Å². The molecule has 0 spiro atoms. The van der Waals surface area contributed by atoms with Gasteiger partial charge in [-0.05, 0) is 34.1 Å². The Kier molecular flexibility index (Phi) is 2.47. The monoisotopic (exact) mass is 263 g/mol. The highest BCUT2D eigenvalue weighted by Crippen LogP contribution is 2.55. The SMILES string of the molecule is CC1C=CC2=CN(C)C3c4ccccc4C(C2=C1)C3C. The van der Waals surface area contributed by atoms with Crippen LogP contribution in [0, 0.1) is 11.8 Å². The van der Waals surface area contributed by atoms with E-state index in [0.717, 1.165) is 0 Å². The summed E-state index contributed by atoms with van der Waals surface area (Å²) >= 11 is 0. The van der Waals surface area contributed by atoms with Crippen LogP contribution in [-0.4, -0.2) is 11.9 Å². The average Bonchev–Trinajstić information content (AvgIpc) is 2.66. The predicted octanol–water partition coefficient (Wildman–Crippen LogP) is 4.42. The van der Waals surface area contributed by atoms with Crippen LogP contribution >= 0.6 is 0 Å². The van der Waals surface area contributed by atoms with Gasteiger partial charge in [-0.15, -0.1) is 0 Å². The first kappa shape index (κ1) is 12.0. The number of benzene rings is 1. The minimum absolute atomic E-state index is 0.513. The second-order valence-electron chi connectivity index (χ2n) is 6.50. The number of nitrogens with zero attached hydrogens (tertiary/aromatic N) is 1. The van der Waals surface area contributed by atoms with Gasteiger partial charge in [-0.3, -0.25) is 0 Å². The molecule has 0 saturated carbocycles. The summed E-state index contributed by atoms with van der Waals surface area (Å²) in [5.41, 5.74) is 5.99. The first-order chi connectivity index (χ1) is 9.66. The molecule has 1 heterocycles. The summed E-state index contributed by atoms with van der Waals surface area (Å²) < 4.78 is 0. The van der Waals surface area contributed by atoms with Gasteiger partial charge in [0.15, 0.2) is 0 Å². The Morgan fingerprint density at radius 2 is 1.80 bits per heavy atom. The zero-order valence-electron chi connectivity index (χ0n) is 12.4. The minimum Gasteiger partial charge on any atom is -0.373 e. The second kappa shape index (κ2) is 4.12. The molecule has 3 aliphatic rings. The van der Waals surface area contributed by atoms with Crippen molar-refractivity contribution in [1.29, 1.82) is 0 Å². The van der Waals surface area contributed by atoms with Crippen LogP contribution in [0.5, 0.6) is 0 Å². The van der Waals surface area contributed by atoms with Crippen molar-refractivity contribution in [2.45, 2.75) is 25.8 Å². The quantitative estimate of drug-likeness (QED) is 0.669. The molecular formula is C19H21N. The third kappa shape index (κ3) is 1.49. The molecule has 1 aromatic rings. The van der Waals surface area contributed by atoms with E-state index in [0.29, 0.717) is 23.8 Å². The van der Waals surface area contributed by atoms with Gasteiger partial charge in [-0.1, -0.05) is 56.3 Å². The van der Waals surface area contributed by atoms with E-state index < -0.39 is 0 Å². The van der Waals surface area contributed by atoms with Crippen LogP contribution in [0.4, 0.5) is 0 Å². The summed E-state index contributed by atoms with van der Waals surface area (Å²) in [4.78, 5) is 2.42. The van der Waals surface area contributed by atoms with Crippen molar-refractivity contribution in [2.24, 2.45) is 11.8 Å². The Morgan fingerprint density at radius 3 is 2.60 bits per heavy atom. The minimum atomic E-state index is 0.513. The summed E-state index contributed by atoms with van der Waals surface area (Å²) in [7, 11) is 2.22. The van der Waals surface area contributed by atoms with Gasteiger partial charge in [-0.2, -0.15) is 0 Å². The molecule has 1 nitrogen and oxygen atoms in total. The maximum Gasteiger partial charge on any atom is 0.0571 e. The molecule has 4 unspecified atom stereocenters. The Labute approximate surface area is 121 Å². The van der Waals surface area contributed by atoms with Crippen molar-refractivity contribution < 1.29 is 0 Å². The molecule has 0 fully saturated rings. The van der Waals surface area contributed by atoms with E-state index in [-0.39, 0.29) is 0 Å². The lowest BCUT2D eigenvalue weighted by molar-refractivity contribution is 0.264. The van der Waals surface area contributed by atoms with Crippen LogP contribution in [0.2, 0.25) is 0 Å². The largest absolute Gasteiger partial charge is 0.373 e. The van der Waals surface area contributed by atoms with Gasteiger partial charge in [0.2, 0.25) is 0 Å². The third-order valence-corrected chi connectivity index (χ3v) is 5.15. The van der Waals surface area contributed by atoms with Gasteiger partial charge in [0.25, 0.3) is 0 Å². The first-order valence-corrected chi connectivity index (χ1v) is 7.59. The molecule has 0 saturated heterocycles. The van der Waals surface area contributed by atoms with Gasteiger partial charge < -0.3 is 4.90 Å². The van der Waals surface area contributed by atoms with Gasteiger partial charge in [-0.25, -0.2) is 0 Å². The molecule has 2 aliphatic carbocycles. The van der Waals surface area contributed by atoms with Crippen LogP contribution in [0.1, 0.15) is 36.9 Å². The molecule has 4 rings (SSSR count). The number of allylic oxidation sites excluding steroid dienone is 5. The second-order valence-corrected chi connectivity index (χ2v) is 6.50. The van der Waals surface area contributed by atoms with E-state index in [4.69, 9.17) is 0 Å². The number of rotatable bonds is 0. The van der Waals surface area contributed by atoms with Crippen molar-refractivity contribution in [3.8, 4) is 0 Å². The fourth-order valence-corrected chi connectivity index (χ4v) is 4.34. The lowest BCUT2D eigenvalue weighted by Crippen LogP contribution is -2.21.